The lowest BCUT2D eigenvalue weighted by molar-refractivity contribution is 1.12. The Kier molecular flexibility index (Phi) is 9.38. The van der Waals surface area contributed by atoms with Crippen LogP contribution in [0.3, 0.4) is 0 Å². The molecule has 0 aliphatic carbocycles. The summed E-state index contributed by atoms with van der Waals surface area (Å²) in [6.45, 7) is 2.02. The van der Waals surface area contributed by atoms with E-state index in [1.807, 2.05) is 80.0 Å². The van der Waals surface area contributed by atoms with Crippen LogP contribution in [-0.2, 0) is 0 Å². The molecule has 0 bridgehead atoms. The smallest absolute Gasteiger partial charge is 0.104 e. The van der Waals surface area contributed by atoms with Gasteiger partial charge in [0.25, 0.3) is 0 Å². The third kappa shape index (κ3) is 6.55. The van der Waals surface area contributed by atoms with Crippen LogP contribution in [0, 0.1) is 29.6 Å². The van der Waals surface area contributed by atoms with E-state index < -0.39 is 0 Å². The number of pyridine rings is 2. The van der Waals surface area contributed by atoms with Gasteiger partial charge >= 0.3 is 0 Å². The van der Waals surface area contributed by atoms with Gasteiger partial charge < -0.3 is 9.13 Å². The standard InChI is InChI=1S/C61H38N6/c1-39-30-40(37-62)32-45(31-39)46-35-58(66-54-22-10-8-18-49(54)51-26-24-43(33-56(51)66)47-20-12-28-64-60(47)41-14-4-2-5-15-41)53(38-63)59(36-46)67-55-23-11-9-19-50(55)52-27-25-44(34-57(52)67)48-21-13-29-65-61(48)42-16-6-3-7-17-42/h2-36H,1H3. The Morgan fingerprint density at radius 2 is 0.836 bits per heavy atom. The predicted molar refractivity (Wildman–Crippen MR) is 272 cm³/mol. The van der Waals surface area contributed by atoms with Crippen molar-refractivity contribution in [1.29, 1.82) is 10.5 Å². The molecule has 0 aliphatic rings. The molecular weight excluding hydrogens is 817 g/mol. The van der Waals surface area contributed by atoms with E-state index in [0.717, 1.165) is 116 Å². The topological polar surface area (TPSA) is 83.2 Å². The van der Waals surface area contributed by atoms with E-state index in [-0.39, 0.29) is 0 Å². The van der Waals surface area contributed by atoms with Crippen LogP contribution in [0.1, 0.15) is 16.7 Å². The second-order valence-corrected chi connectivity index (χ2v) is 16.9. The largest absolute Gasteiger partial charge is 0.308 e. The van der Waals surface area contributed by atoms with Crippen molar-refractivity contribution in [3.63, 3.8) is 0 Å². The van der Waals surface area contributed by atoms with E-state index in [9.17, 15) is 10.5 Å². The third-order valence-electron chi connectivity index (χ3n) is 12.9. The van der Waals surface area contributed by atoms with Crippen LogP contribution in [0.2, 0.25) is 0 Å². The molecule has 4 aromatic heterocycles. The first kappa shape index (κ1) is 39.2. The second kappa shape index (κ2) is 16.0. The Labute approximate surface area is 387 Å². The van der Waals surface area contributed by atoms with Crippen molar-refractivity contribution in [3.05, 3.63) is 229 Å². The zero-order valence-corrected chi connectivity index (χ0v) is 36.4. The summed E-state index contributed by atoms with van der Waals surface area (Å²) in [4.78, 5) is 9.76. The third-order valence-corrected chi connectivity index (χ3v) is 12.9. The molecule has 0 amide bonds. The van der Waals surface area contributed by atoms with Crippen LogP contribution in [-0.4, -0.2) is 19.1 Å². The summed E-state index contributed by atoms with van der Waals surface area (Å²) < 4.78 is 4.50. The molecule has 0 aliphatic heterocycles. The Morgan fingerprint density at radius 1 is 0.373 bits per heavy atom. The number of aromatic nitrogens is 4. The van der Waals surface area contributed by atoms with Gasteiger partial charge in [-0.15, -0.1) is 0 Å². The van der Waals surface area contributed by atoms with E-state index in [1.165, 1.54) is 0 Å². The van der Waals surface area contributed by atoms with Crippen LogP contribution in [0.5, 0.6) is 0 Å². The fourth-order valence-corrected chi connectivity index (χ4v) is 9.98. The first-order valence-corrected chi connectivity index (χ1v) is 22.3. The summed E-state index contributed by atoms with van der Waals surface area (Å²) in [5, 5.41) is 26.2. The molecule has 312 valence electrons. The van der Waals surface area contributed by atoms with Crippen LogP contribution >= 0.6 is 0 Å². The maximum absolute atomic E-state index is 11.7. The summed E-state index contributed by atoms with van der Waals surface area (Å²) in [5.74, 6) is 0. The van der Waals surface area contributed by atoms with Gasteiger partial charge in [0.15, 0.2) is 0 Å². The van der Waals surface area contributed by atoms with Crippen LogP contribution in [0.15, 0.2) is 213 Å². The summed E-state index contributed by atoms with van der Waals surface area (Å²) >= 11 is 0. The molecule has 0 saturated carbocycles. The molecule has 0 fully saturated rings. The molecule has 8 aromatic carbocycles. The number of rotatable bonds is 7. The highest BCUT2D eigenvalue weighted by atomic mass is 15.0. The van der Waals surface area contributed by atoms with Gasteiger partial charge in [0.1, 0.15) is 11.6 Å². The minimum Gasteiger partial charge on any atom is -0.308 e. The molecule has 0 radical (unpaired) electrons. The molecule has 0 atom stereocenters. The van der Waals surface area contributed by atoms with Crippen molar-refractivity contribution in [1.82, 2.24) is 19.1 Å². The van der Waals surface area contributed by atoms with Gasteiger partial charge in [-0.3, -0.25) is 9.97 Å². The number of hydrogen-bond donors (Lipinski definition) is 0. The van der Waals surface area contributed by atoms with Crippen molar-refractivity contribution in [2.24, 2.45) is 0 Å². The van der Waals surface area contributed by atoms with Crippen molar-refractivity contribution < 1.29 is 0 Å². The number of nitriles is 2. The van der Waals surface area contributed by atoms with E-state index >= 15 is 0 Å². The Hall–Kier alpha value is -9.36. The normalized spacial score (nSPS) is 11.3. The number of fused-ring (bicyclic) bond motifs is 6. The fraction of sp³-hybridized carbons (Fsp3) is 0.0164. The number of aryl methyl sites for hydroxylation is 1. The molecule has 67 heavy (non-hydrogen) atoms. The highest BCUT2D eigenvalue weighted by Gasteiger charge is 2.24. The summed E-state index contributed by atoms with van der Waals surface area (Å²) in [6.07, 6.45) is 3.68. The summed E-state index contributed by atoms with van der Waals surface area (Å²) in [6, 6.07) is 74.1. The number of hydrogen-bond acceptors (Lipinski definition) is 4. The van der Waals surface area contributed by atoms with Gasteiger partial charge in [0.2, 0.25) is 0 Å². The highest BCUT2D eigenvalue weighted by Crippen LogP contribution is 2.43. The lowest BCUT2D eigenvalue weighted by atomic mass is 9.96. The second-order valence-electron chi connectivity index (χ2n) is 16.9. The van der Waals surface area contributed by atoms with Crippen molar-refractivity contribution in [2.75, 3.05) is 0 Å². The molecule has 0 spiro atoms. The highest BCUT2D eigenvalue weighted by molar-refractivity contribution is 6.12. The molecule has 12 aromatic rings. The Balaban J connectivity index is 1.18. The van der Waals surface area contributed by atoms with E-state index in [1.54, 1.807) is 0 Å². The zero-order chi connectivity index (χ0) is 45.0. The van der Waals surface area contributed by atoms with Gasteiger partial charge in [-0.2, -0.15) is 10.5 Å². The SMILES string of the molecule is Cc1cc(C#N)cc(-c2cc(-n3c4ccccc4c4ccc(-c5cccnc5-c5ccccc5)cc43)c(C#N)c(-n3c4ccccc4c4ccc(-c5cccnc5-c5ccccc5)cc43)c2)c1. The minimum absolute atomic E-state index is 0.510. The van der Waals surface area contributed by atoms with E-state index in [4.69, 9.17) is 9.97 Å². The van der Waals surface area contributed by atoms with Gasteiger partial charge in [0.05, 0.1) is 56.5 Å². The minimum atomic E-state index is 0.510. The Bertz CT molecular complexity index is 3790. The molecular formula is C61H38N6. The molecule has 0 unspecified atom stereocenters. The molecule has 4 heterocycles. The van der Waals surface area contributed by atoms with Crippen LogP contribution in [0.4, 0.5) is 0 Å². The lowest BCUT2D eigenvalue weighted by Gasteiger charge is -2.19. The van der Waals surface area contributed by atoms with Crippen LogP contribution < -0.4 is 0 Å². The molecule has 0 saturated heterocycles. The summed E-state index contributed by atoms with van der Waals surface area (Å²) in [7, 11) is 0. The average molecular weight is 855 g/mol. The maximum atomic E-state index is 11.7. The van der Waals surface area contributed by atoms with Gasteiger partial charge in [-0.1, -0.05) is 140 Å². The van der Waals surface area contributed by atoms with E-state index in [0.29, 0.717) is 11.1 Å². The van der Waals surface area contributed by atoms with Crippen molar-refractivity contribution in [3.8, 4) is 79.4 Å². The predicted octanol–water partition coefficient (Wildman–Crippen LogP) is 15.1. The summed E-state index contributed by atoms with van der Waals surface area (Å²) in [5.41, 5.74) is 17.0. The lowest BCUT2D eigenvalue weighted by Crippen LogP contribution is -2.05. The fourth-order valence-electron chi connectivity index (χ4n) is 9.98. The number of benzene rings is 8. The quantitative estimate of drug-likeness (QED) is 0.160. The van der Waals surface area contributed by atoms with Gasteiger partial charge in [-0.25, -0.2) is 0 Å². The van der Waals surface area contributed by atoms with Gasteiger partial charge in [0, 0.05) is 56.2 Å². The Morgan fingerprint density at radius 3 is 1.33 bits per heavy atom. The van der Waals surface area contributed by atoms with Crippen molar-refractivity contribution in [2.45, 2.75) is 6.92 Å². The van der Waals surface area contributed by atoms with E-state index in [2.05, 4.69) is 161 Å². The zero-order valence-electron chi connectivity index (χ0n) is 36.4. The monoisotopic (exact) mass is 854 g/mol. The maximum Gasteiger partial charge on any atom is 0.104 e. The van der Waals surface area contributed by atoms with Crippen molar-refractivity contribution >= 4 is 43.6 Å². The first-order chi connectivity index (χ1) is 33.1. The molecule has 6 nitrogen and oxygen atoms in total. The molecule has 6 heteroatoms. The number of nitrogens with zero attached hydrogens (tertiary/aromatic N) is 6. The van der Waals surface area contributed by atoms with Gasteiger partial charge in [-0.05, 0) is 95.4 Å². The first-order valence-electron chi connectivity index (χ1n) is 22.3. The average Bonchev–Trinajstić information content (AvgIpc) is 3.90. The number of para-hydroxylation sites is 2. The molecule has 12 rings (SSSR count). The molecule has 0 N–H and O–H groups in total. The van der Waals surface area contributed by atoms with Crippen LogP contribution in [0.25, 0.3) is 111 Å².